The molecule has 210 valence electrons. The maximum Gasteiger partial charge on any atom is 0.311 e. The number of benzene rings is 3. The van der Waals surface area contributed by atoms with Crippen LogP contribution >= 0.6 is 0 Å². The highest BCUT2D eigenvalue weighted by Gasteiger charge is 2.33. The van der Waals surface area contributed by atoms with Crippen LogP contribution in [0.3, 0.4) is 0 Å². The maximum atomic E-state index is 14.7. The second-order valence-corrected chi connectivity index (χ2v) is 9.69. The monoisotopic (exact) mass is 549 g/mol. The third-order valence-electron chi connectivity index (χ3n) is 6.98. The number of nitro groups is 1. The molecule has 40 heavy (non-hydrogen) atoms. The molecule has 1 atom stereocenters. The summed E-state index contributed by atoms with van der Waals surface area (Å²) in [5, 5.41) is 14.3. The molecular weight excluding hydrogens is 517 g/mol. The lowest BCUT2D eigenvalue weighted by Gasteiger charge is -2.32. The number of methoxy groups -OCH3 is 1. The Kier molecular flexibility index (Phi) is 9.66. The van der Waals surface area contributed by atoms with Crippen LogP contribution in [0.25, 0.3) is 0 Å². The summed E-state index contributed by atoms with van der Waals surface area (Å²) in [5.41, 5.74) is 0.870. The zero-order chi connectivity index (χ0) is 28.5. The normalized spacial score (nSPS) is 13.8. The molecule has 0 radical (unpaired) electrons. The summed E-state index contributed by atoms with van der Waals surface area (Å²) in [6.07, 6.45) is 4.02. The van der Waals surface area contributed by atoms with Gasteiger partial charge in [0.15, 0.2) is 6.61 Å². The van der Waals surface area contributed by atoms with Crippen LogP contribution in [0.15, 0.2) is 72.8 Å². The Morgan fingerprint density at radius 1 is 1.07 bits per heavy atom. The molecule has 9 nitrogen and oxygen atoms in total. The molecule has 1 N–H and O–H groups in total. The van der Waals surface area contributed by atoms with Crippen LogP contribution in [0, 0.1) is 15.9 Å². The van der Waals surface area contributed by atoms with Crippen LogP contribution in [-0.4, -0.2) is 47.4 Å². The van der Waals surface area contributed by atoms with Gasteiger partial charge in [0, 0.05) is 36.7 Å². The second kappa shape index (κ2) is 13.5. The van der Waals surface area contributed by atoms with E-state index in [1.54, 1.807) is 18.2 Å². The lowest BCUT2D eigenvalue weighted by Crippen LogP contribution is -2.53. The van der Waals surface area contributed by atoms with Gasteiger partial charge in [-0.25, -0.2) is 4.39 Å². The SMILES string of the molecule is COc1cc(OCC(=O)N(Cc2ccccc2F)C(Cc2ccccc2)C(=O)NC2CCCC2)ccc1[N+](=O)[O-]. The van der Waals surface area contributed by atoms with E-state index < -0.39 is 29.3 Å². The van der Waals surface area contributed by atoms with Gasteiger partial charge in [-0.05, 0) is 30.5 Å². The first kappa shape index (κ1) is 28.5. The fourth-order valence-electron chi connectivity index (χ4n) is 4.86. The molecule has 0 bridgehead atoms. The van der Waals surface area contributed by atoms with Crippen LogP contribution in [0.2, 0.25) is 0 Å². The maximum absolute atomic E-state index is 14.7. The fourth-order valence-corrected chi connectivity index (χ4v) is 4.86. The lowest BCUT2D eigenvalue weighted by atomic mass is 10.0. The van der Waals surface area contributed by atoms with E-state index in [2.05, 4.69) is 5.32 Å². The molecule has 3 aromatic carbocycles. The lowest BCUT2D eigenvalue weighted by molar-refractivity contribution is -0.385. The third-order valence-corrected chi connectivity index (χ3v) is 6.98. The van der Waals surface area contributed by atoms with Crippen molar-refractivity contribution in [1.29, 1.82) is 0 Å². The van der Waals surface area contributed by atoms with E-state index in [9.17, 15) is 24.1 Å². The van der Waals surface area contributed by atoms with Crippen molar-refractivity contribution in [2.45, 2.75) is 50.7 Å². The zero-order valence-electron chi connectivity index (χ0n) is 22.3. The van der Waals surface area contributed by atoms with Crippen molar-refractivity contribution < 1.29 is 28.4 Å². The molecule has 0 saturated heterocycles. The number of ether oxygens (including phenoxy) is 2. The van der Waals surface area contributed by atoms with Crippen molar-refractivity contribution in [3.05, 3.63) is 99.9 Å². The largest absolute Gasteiger partial charge is 0.490 e. The Labute approximate surface area is 232 Å². The molecule has 0 spiro atoms. The summed E-state index contributed by atoms with van der Waals surface area (Å²) in [5.74, 6) is -1.18. The van der Waals surface area contributed by atoms with Crippen molar-refractivity contribution in [2.75, 3.05) is 13.7 Å². The highest BCUT2D eigenvalue weighted by molar-refractivity contribution is 5.88. The summed E-state index contributed by atoms with van der Waals surface area (Å²) in [6.45, 7) is -0.620. The number of hydrogen-bond donors (Lipinski definition) is 1. The molecule has 1 unspecified atom stereocenters. The van der Waals surface area contributed by atoms with Crippen LogP contribution < -0.4 is 14.8 Å². The van der Waals surface area contributed by atoms with E-state index >= 15 is 0 Å². The quantitative estimate of drug-likeness (QED) is 0.256. The van der Waals surface area contributed by atoms with Crippen molar-refractivity contribution in [3.63, 3.8) is 0 Å². The van der Waals surface area contributed by atoms with E-state index in [1.807, 2.05) is 30.3 Å². The molecule has 1 saturated carbocycles. The molecule has 0 aromatic heterocycles. The second-order valence-electron chi connectivity index (χ2n) is 9.69. The van der Waals surface area contributed by atoms with E-state index in [4.69, 9.17) is 9.47 Å². The van der Waals surface area contributed by atoms with Gasteiger partial charge in [0.05, 0.1) is 12.0 Å². The number of rotatable bonds is 12. The van der Waals surface area contributed by atoms with Crippen LogP contribution in [-0.2, 0) is 22.6 Å². The van der Waals surface area contributed by atoms with Gasteiger partial charge in [-0.3, -0.25) is 19.7 Å². The Morgan fingerprint density at radius 3 is 2.45 bits per heavy atom. The van der Waals surface area contributed by atoms with E-state index in [0.29, 0.717) is 0 Å². The minimum Gasteiger partial charge on any atom is -0.490 e. The van der Waals surface area contributed by atoms with Gasteiger partial charge in [-0.2, -0.15) is 0 Å². The van der Waals surface area contributed by atoms with E-state index in [0.717, 1.165) is 31.2 Å². The summed E-state index contributed by atoms with van der Waals surface area (Å²) < 4.78 is 25.5. The van der Waals surface area contributed by atoms with Gasteiger partial charge < -0.3 is 19.7 Å². The molecule has 1 aliphatic carbocycles. The molecule has 3 aromatic rings. The topological polar surface area (TPSA) is 111 Å². The minimum atomic E-state index is -0.926. The number of hydrogen-bond acceptors (Lipinski definition) is 6. The first-order chi connectivity index (χ1) is 19.4. The number of nitro benzene ring substituents is 1. The van der Waals surface area contributed by atoms with Crippen molar-refractivity contribution in [2.24, 2.45) is 0 Å². The first-order valence-electron chi connectivity index (χ1n) is 13.2. The van der Waals surface area contributed by atoms with Crippen molar-refractivity contribution in [3.8, 4) is 11.5 Å². The van der Waals surface area contributed by atoms with Gasteiger partial charge >= 0.3 is 5.69 Å². The molecule has 4 rings (SSSR count). The molecular formula is C30H32FN3O6. The number of carbonyl (C=O) groups excluding carboxylic acids is 2. The van der Waals surface area contributed by atoms with E-state index in [1.165, 1.54) is 36.3 Å². The highest BCUT2D eigenvalue weighted by atomic mass is 19.1. The molecule has 0 aliphatic heterocycles. The van der Waals surface area contributed by atoms with Crippen LogP contribution in [0.1, 0.15) is 36.8 Å². The Bertz CT molecular complexity index is 1330. The van der Waals surface area contributed by atoms with Gasteiger partial charge in [-0.1, -0.05) is 61.4 Å². The van der Waals surface area contributed by atoms with E-state index in [-0.39, 0.29) is 47.7 Å². The highest BCUT2D eigenvalue weighted by Crippen LogP contribution is 2.31. The minimum absolute atomic E-state index is 0.0175. The average molecular weight is 550 g/mol. The smallest absolute Gasteiger partial charge is 0.311 e. The van der Waals surface area contributed by atoms with Gasteiger partial charge in [0.1, 0.15) is 17.6 Å². The summed E-state index contributed by atoms with van der Waals surface area (Å²) in [4.78, 5) is 39.3. The number of amides is 2. The van der Waals surface area contributed by atoms with Crippen LogP contribution in [0.4, 0.5) is 10.1 Å². The molecule has 0 heterocycles. The van der Waals surface area contributed by atoms with Gasteiger partial charge in [0.2, 0.25) is 11.7 Å². The predicted octanol–water partition coefficient (Wildman–Crippen LogP) is 4.82. The van der Waals surface area contributed by atoms with Gasteiger partial charge in [0.25, 0.3) is 5.91 Å². The van der Waals surface area contributed by atoms with Crippen molar-refractivity contribution in [1.82, 2.24) is 10.2 Å². The number of halogens is 1. The zero-order valence-corrected chi connectivity index (χ0v) is 22.3. The number of nitrogens with one attached hydrogen (secondary N) is 1. The Hall–Kier alpha value is -4.47. The molecule has 2 amide bonds. The van der Waals surface area contributed by atoms with Crippen LogP contribution in [0.5, 0.6) is 11.5 Å². The summed E-state index contributed by atoms with van der Waals surface area (Å²) in [6, 6.07) is 18.5. The Morgan fingerprint density at radius 2 is 1.77 bits per heavy atom. The molecule has 10 heteroatoms. The van der Waals surface area contributed by atoms with Gasteiger partial charge in [-0.15, -0.1) is 0 Å². The standard InChI is InChI=1S/C30H32FN3O6/c1-39-28-18-24(15-16-26(28)34(37)38)40-20-29(35)33(19-22-11-5-8-14-25(22)31)27(17-21-9-3-2-4-10-21)30(36)32-23-12-6-7-13-23/h2-5,8-11,14-16,18,23,27H,6-7,12-13,17,19-20H2,1H3,(H,32,36). The first-order valence-corrected chi connectivity index (χ1v) is 13.2. The predicted molar refractivity (Wildman–Crippen MR) is 146 cm³/mol. The van der Waals surface area contributed by atoms with Crippen molar-refractivity contribution >= 4 is 17.5 Å². The average Bonchev–Trinajstić information content (AvgIpc) is 3.47. The molecule has 1 aliphatic rings. The third kappa shape index (κ3) is 7.34. The summed E-state index contributed by atoms with van der Waals surface area (Å²) >= 11 is 0. The summed E-state index contributed by atoms with van der Waals surface area (Å²) in [7, 11) is 1.30. The number of carbonyl (C=O) groups is 2. The fraction of sp³-hybridized carbons (Fsp3) is 0.333. The molecule has 1 fully saturated rings. The Balaban J connectivity index is 1.62. The number of nitrogens with zero attached hydrogens (tertiary/aromatic N) is 2.